The molecule has 0 saturated heterocycles. The van der Waals surface area contributed by atoms with Gasteiger partial charge in [-0.25, -0.2) is 22.0 Å². The number of hydrogen-bond donors (Lipinski definition) is 1. The second-order valence-corrected chi connectivity index (χ2v) is 5.66. The third-order valence-electron chi connectivity index (χ3n) is 4.18. The van der Waals surface area contributed by atoms with Gasteiger partial charge < -0.3 is 5.32 Å². The third kappa shape index (κ3) is 2.36. The Kier molecular flexibility index (Phi) is 3.34. The van der Waals surface area contributed by atoms with Crippen molar-refractivity contribution in [3.8, 4) is 0 Å². The summed E-state index contributed by atoms with van der Waals surface area (Å²) < 4.78 is 66.1. The summed E-state index contributed by atoms with van der Waals surface area (Å²) >= 11 is 0. The van der Waals surface area contributed by atoms with Crippen molar-refractivity contribution in [2.45, 2.75) is 25.7 Å². The van der Waals surface area contributed by atoms with E-state index in [4.69, 9.17) is 0 Å². The molecule has 0 bridgehead atoms. The molecular weight excluding hydrogens is 277 g/mol. The summed E-state index contributed by atoms with van der Waals surface area (Å²) in [7, 11) is 0. The zero-order chi connectivity index (χ0) is 14.4. The fourth-order valence-electron chi connectivity index (χ4n) is 2.75. The van der Waals surface area contributed by atoms with Crippen LogP contribution in [0.5, 0.6) is 0 Å². The molecule has 0 atom stereocenters. The van der Waals surface area contributed by atoms with Crippen LogP contribution in [-0.4, -0.2) is 6.54 Å². The van der Waals surface area contributed by atoms with Gasteiger partial charge in [-0.2, -0.15) is 0 Å². The maximum absolute atomic E-state index is 13.5. The van der Waals surface area contributed by atoms with E-state index in [1.54, 1.807) is 0 Å². The summed E-state index contributed by atoms with van der Waals surface area (Å²) in [5.41, 5.74) is -0.910. The smallest absolute Gasteiger partial charge is 0.200 e. The average Bonchev–Trinajstić information content (AvgIpc) is 3.30. The molecule has 2 aliphatic rings. The Bertz CT molecular complexity index is 496. The van der Waals surface area contributed by atoms with Crippen molar-refractivity contribution in [1.82, 2.24) is 0 Å². The number of rotatable bonds is 5. The van der Waals surface area contributed by atoms with Crippen LogP contribution < -0.4 is 5.32 Å². The summed E-state index contributed by atoms with van der Waals surface area (Å²) in [4.78, 5) is 0. The summed E-state index contributed by atoms with van der Waals surface area (Å²) in [5.74, 6) is -8.18. The van der Waals surface area contributed by atoms with Crippen LogP contribution in [0.15, 0.2) is 0 Å². The summed E-state index contributed by atoms with van der Waals surface area (Å²) in [5, 5.41) is 2.44. The molecule has 1 aromatic rings. The van der Waals surface area contributed by atoms with Gasteiger partial charge in [0.2, 0.25) is 5.82 Å². The van der Waals surface area contributed by atoms with Crippen molar-refractivity contribution >= 4 is 5.69 Å². The minimum absolute atomic E-state index is 0.258. The second kappa shape index (κ2) is 4.90. The first-order valence-corrected chi connectivity index (χ1v) is 6.76. The van der Waals surface area contributed by atoms with E-state index in [0.29, 0.717) is 11.8 Å². The van der Waals surface area contributed by atoms with Crippen molar-refractivity contribution in [3.05, 3.63) is 29.1 Å². The summed E-state index contributed by atoms with van der Waals surface area (Å²) in [6.07, 6.45) is 4.33. The molecular formula is C14H14F5N. The monoisotopic (exact) mass is 291 g/mol. The second-order valence-electron chi connectivity index (χ2n) is 5.66. The minimum atomic E-state index is -2.12. The van der Waals surface area contributed by atoms with Gasteiger partial charge in [0, 0.05) is 6.54 Å². The predicted molar refractivity (Wildman–Crippen MR) is 63.7 cm³/mol. The molecule has 0 amide bonds. The minimum Gasteiger partial charge on any atom is -0.380 e. The fraction of sp³-hybridized carbons (Fsp3) is 0.571. The van der Waals surface area contributed by atoms with Crippen LogP contribution in [-0.2, 0) is 0 Å². The summed E-state index contributed by atoms with van der Waals surface area (Å²) in [6, 6.07) is 0. The van der Waals surface area contributed by atoms with E-state index in [1.165, 1.54) is 0 Å². The van der Waals surface area contributed by atoms with Crippen molar-refractivity contribution in [3.63, 3.8) is 0 Å². The van der Waals surface area contributed by atoms with Crippen molar-refractivity contribution in [1.29, 1.82) is 0 Å². The molecule has 2 saturated carbocycles. The van der Waals surface area contributed by atoms with Gasteiger partial charge in [-0.3, -0.25) is 0 Å². The molecule has 3 rings (SSSR count). The number of hydrogen-bond acceptors (Lipinski definition) is 1. The lowest BCUT2D eigenvalue weighted by atomic mass is 9.98. The zero-order valence-corrected chi connectivity index (χ0v) is 10.7. The number of nitrogens with one attached hydrogen (secondary N) is 1. The Morgan fingerprint density at radius 2 is 1.15 bits per heavy atom. The van der Waals surface area contributed by atoms with E-state index in [-0.39, 0.29) is 12.5 Å². The van der Waals surface area contributed by atoms with E-state index in [2.05, 4.69) is 5.32 Å². The first-order chi connectivity index (χ1) is 9.50. The van der Waals surface area contributed by atoms with Gasteiger partial charge >= 0.3 is 0 Å². The lowest BCUT2D eigenvalue weighted by Crippen LogP contribution is -2.20. The molecule has 1 nitrogen and oxygen atoms in total. The first-order valence-electron chi connectivity index (χ1n) is 6.76. The summed E-state index contributed by atoms with van der Waals surface area (Å²) in [6.45, 7) is 0.258. The molecule has 0 aliphatic heterocycles. The van der Waals surface area contributed by atoms with Crippen molar-refractivity contribution in [2.24, 2.45) is 17.8 Å². The Balaban J connectivity index is 1.79. The van der Waals surface area contributed by atoms with Gasteiger partial charge in [0.15, 0.2) is 23.3 Å². The SMILES string of the molecule is Fc1c(F)c(F)c(NCC(C2CC2)C2CC2)c(F)c1F. The van der Waals surface area contributed by atoms with E-state index >= 15 is 0 Å². The Labute approximate surface area is 113 Å². The molecule has 1 aromatic carbocycles. The van der Waals surface area contributed by atoms with Gasteiger partial charge in [-0.1, -0.05) is 0 Å². The lowest BCUT2D eigenvalue weighted by Gasteiger charge is -2.18. The van der Waals surface area contributed by atoms with Crippen LogP contribution in [0.25, 0.3) is 0 Å². The van der Waals surface area contributed by atoms with Crippen molar-refractivity contribution in [2.75, 3.05) is 11.9 Å². The fourth-order valence-corrected chi connectivity index (χ4v) is 2.75. The van der Waals surface area contributed by atoms with Crippen LogP contribution in [0.4, 0.5) is 27.6 Å². The highest BCUT2D eigenvalue weighted by atomic mass is 19.2. The molecule has 2 fully saturated rings. The molecule has 0 unspecified atom stereocenters. The molecule has 20 heavy (non-hydrogen) atoms. The Morgan fingerprint density at radius 1 is 0.750 bits per heavy atom. The molecule has 2 aliphatic carbocycles. The Hall–Kier alpha value is -1.33. The normalized spacial score (nSPS) is 18.7. The quantitative estimate of drug-likeness (QED) is 0.486. The third-order valence-corrected chi connectivity index (χ3v) is 4.18. The van der Waals surface area contributed by atoms with Gasteiger partial charge in [0.1, 0.15) is 5.69 Å². The van der Waals surface area contributed by atoms with Crippen LogP contribution in [0.1, 0.15) is 25.7 Å². The number of benzene rings is 1. The Morgan fingerprint density at radius 3 is 1.55 bits per heavy atom. The van der Waals surface area contributed by atoms with E-state index < -0.39 is 34.8 Å². The van der Waals surface area contributed by atoms with E-state index in [9.17, 15) is 22.0 Å². The van der Waals surface area contributed by atoms with Crippen molar-refractivity contribution < 1.29 is 22.0 Å². The predicted octanol–water partition coefficient (Wildman–Crippen LogP) is 4.23. The van der Waals surface area contributed by atoms with Crippen LogP contribution in [0, 0.1) is 46.8 Å². The largest absolute Gasteiger partial charge is 0.380 e. The van der Waals surface area contributed by atoms with Crippen LogP contribution >= 0.6 is 0 Å². The number of anilines is 1. The van der Waals surface area contributed by atoms with Gasteiger partial charge in [-0.15, -0.1) is 0 Å². The molecule has 6 heteroatoms. The first kappa shape index (κ1) is 13.6. The standard InChI is InChI=1S/C14H14F5N/c15-9-10(16)12(18)14(13(19)11(9)17)20-5-8(6-1-2-6)7-3-4-7/h6-8,20H,1-5H2. The van der Waals surface area contributed by atoms with E-state index in [0.717, 1.165) is 25.7 Å². The topological polar surface area (TPSA) is 12.0 Å². The highest BCUT2D eigenvalue weighted by Crippen LogP contribution is 2.49. The molecule has 0 aromatic heterocycles. The average molecular weight is 291 g/mol. The molecule has 1 N–H and O–H groups in total. The van der Waals surface area contributed by atoms with Gasteiger partial charge in [0.05, 0.1) is 0 Å². The van der Waals surface area contributed by atoms with Crippen LogP contribution in [0.3, 0.4) is 0 Å². The highest BCUT2D eigenvalue weighted by molar-refractivity contribution is 5.47. The molecule has 0 radical (unpaired) electrons. The maximum Gasteiger partial charge on any atom is 0.200 e. The molecule has 0 heterocycles. The van der Waals surface area contributed by atoms with Crippen LogP contribution in [0.2, 0.25) is 0 Å². The maximum atomic E-state index is 13.5. The van der Waals surface area contributed by atoms with Gasteiger partial charge in [-0.05, 0) is 43.4 Å². The zero-order valence-electron chi connectivity index (χ0n) is 10.7. The van der Waals surface area contributed by atoms with E-state index in [1.807, 2.05) is 0 Å². The highest BCUT2D eigenvalue weighted by Gasteiger charge is 2.41. The van der Waals surface area contributed by atoms with Gasteiger partial charge in [0.25, 0.3) is 0 Å². The molecule has 0 spiro atoms. The lowest BCUT2D eigenvalue weighted by molar-refractivity contribution is 0.378. The molecule has 110 valence electrons. The number of halogens is 5.